The highest BCUT2D eigenvalue weighted by molar-refractivity contribution is 7.53. The number of hydrogen-bond donors (Lipinski definition) is 1. The number of rotatable bonds is 11. The van der Waals surface area contributed by atoms with E-state index in [0.29, 0.717) is 12.2 Å². The topological polar surface area (TPSA) is 89.9 Å². The van der Waals surface area contributed by atoms with Gasteiger partial charge in [0.1, 0.15) is 18.1 Å². The first-order valence-corrected chi connectivity index (χ1v) is 12.6. The lowest BCUT2D eigenvalue weighted by Gasteiger charge is -2.28. The van der Waals surface area contributed by atoms with Crippen LogP contribution in [0.1, 0.15) is 84.9 Å². The number of carbonyl (C=O) groups excluding carboxylic acids is 2. The van der Waals surface area contributed by atoms with Crippen LogP contribution >= 0.6 is 7.60 Å². The zero-order chi connectivity index (χ0) is 24.0. The van der Waals surface area contributed by atoms with Crippen molar-refractivity contribution < 1.29 is 28.3 Å². The Morgan fingerprint density at radius 3 is 1.87 bits per heavy atom. The fourth-order valence-electron chi connectivity index (χ4n) is 3.21. The van der Waals surface area contributed by atoms with Crippen LogP contribution in [0.2, 0.25) is 0 Å². The Morgan fingerprint density at radius 1 is 0.935 bits per heavy atom. The highest BCUT2D eigenvalue weighted by atomic mass is 31.2. The number of aromatic hydroxyl groups is 1. The molecule has 0 aliphatic carbocycles. The Morgan fingerprint density at radius 2 is 1.45 bits per heavy atom. The third kappa shape index (κ3) is 8.51. The molecule has 0 bridgehead atoms. The summed E-state index contributed by atoms with van der Waals surface area (Å²) in [6.07, 6.45) is 0.605. The van der Waals surface area contributed by atoms with Gasteiger partial charge in [-0.1, -0.05) is 60.6 Å². The van der Waals surface area contributed by atoms with E-state index in [1.807, 2.05) is 53.7 Å². The molecular weight excluding hydrogens is 415 g/mol. The molecule has 6 nitrogen and oxygen atoms in total. The number of benzene rings is 1. The van der Waals surface area contributed by atoms with Gasteiger partial charge in [-0.15, -0.1) is 0 Å². The van der Waals surface area contributed by atoms with Crippen LogP contribution < -0.4 is 0 Å². The summed E-state index contributed by atoms with van der Waals surface area (Å²) in [5.74, 6) is -0.300. The van der Waals surface area contributed by atoms with Crippen molar-refractivity contribution in [1.82, 2.24) is 0 Å². The molecule has 0 spiro atoms. The Hall–Kier alpha value is -1.49. The quantitative estimate of drug-likeness (QED) is 0.340. The maximum atomic E-state index is 12.4. The van der Waals surface area contributed by atoms with Gasteiger partial charge in [0.05, 0.1) is 13.0 Å². The van der Waals surface area contributed by atoms with Gasteiger partial charge in [-0.25, -0.2) is 0 Å². The van der Waals surface area contributed by atoms with Crippen molar-refractivity contribution in [3.8, 4) is 5.75 Å². The number of phenols is 1. The molecule has 31 heavy (non-hydrogen) atoms. The summed E-state index contributed by atoms with van der Waals surface area (Å²) in [4.78, 5) is 24.4. The number of carbonyl (C=O) groups is 2. The fraction of sp³-hybridized carbons (Fsp3) is 0.667. The summed E-state index contributed by atoms with van der Waals surface area (Å²) < 4.78 is 22.5. The van der Waals surface area contributed by atoms with E-state index in [-0.39, 0.29) is 42.2 Å². The molecule has 0 saturated heterocycles. The van der Waals surface area contributed by atoms with E-state index in [1.165, 1.54) is 0 Å². The van der Waals surface area contributed by atoms with E-state index in [2.05, 4.69) is 0 Å². The van der Waals surface area contributed by atoms with Crippen LogP contribution in [0.3, 0.4) is 0 Å². The van der Waals surface area contributed by atoms with Crippen molar-refractivity contribution >= 4 is 19.2 Å². The van der Waals surface area contributed by atoms with Crippen molar-refractivity contribution in [2.24, 2.45) is 0 Å². The summed E-state index contributed by atoms with van der Waals surface area (Å²) in [6, 6.07) is 3.89. The van der Waals surface area contributed by atoms with Crippen molar-refractivity contribution in [3.63, 3.8) is 0 Å². The molecule has 0 aliphatic heterocycles. The molecule has 176 valence electrons. The highest BCUT2D eigenvalue weighted by Gasteiger charge is 2.27. The predicted octanol–water partition coefficient (Wildman–Crippen LogP) is 5.71. The van der Waals surface area contributed by atoms with Gasteiger partial charge < -0.3 is 14.2 Å². The molecule has 0 radical (unpaired) electrons. The zero-order valence-corrected chi connectivity index (χ0v) is 21.2. The van der Waals surface area contributed by atoms with Gasteiger partial charge in [0.15, 0.2) is 5.78 Å². The third-order valence-electron chi connectivity index (χ3n) is 5.01. The average molecular weight is 455 g/mol. The molecule has 0 aliphatic rings. The van der Waals surface area contributed by atoms with E-state index in [4.69, 9.17) is 9.05 Å². The van der Waals surface area contributed by atoms with E-state index in [9.17, 15) is 19.3 Å². The second-order valence-electron chi connectivity index (χ2n) is 9.91. The second kappa shape index (κ2) is 10.9. The minimum absolute atomic E-state index is 0.176. The van der Waals surface area contributed by atoms with Gasteiger partial charge >= 0.3 is 7.60 Å². The van der Waals surface area contributed by atoms with Crippen LogP contribution in [0.5, 0.6) is 5.75 Å². The Labute approximate surface area is 187 Å². The van der Waals surface area contributed by atoms with Crippen LogP contribution in [0, 0.1) is 0 Å². The SMILES string of the molecule is CCOP(=O)(CC)OCC(=O)CC(=O)CCc1cc(C(C)(C)C)c(O)c(C(C)(C)C)c1. The number of Topliss-reactive ketones (excluding diaryl/α,β-unsaturated/α-hetero) is 2. The molecule has 0 fully saturated rings. The fourth-order valence-corrected chi connectivity index (χ4v) is 4.39. The summed E-state index contributed by atoms with van der Waals surface area (Å²) in [7, 11) is -3.26. The van der Waals surface area contributed by atoms with E-state index in [1.54, 1.807) is 13.8 Å². The Kier molecular flexibility index (Phi) is 9.68. The van der Waals surface area contributed by atoms with Gasteiger partial charge in [-0.2, -0.15) is 0 Å². The molecule has 0 amide bonds. The van der Waals surface area contributed by atoms with E-state index >= 15 is 0 Å². The molecular formula is C24H39O6P. The van der Waals surface area contributed by atoms with Gasteiger partial charge in [0, 0.05) is 12.6 Å². The summed E-state index contributed by atoms with van der Waals surface area (Å²) in [6.45, 7) is 15.5. The molecule has 1 aromatic rings. The van der Waals surface area contributed by atoms with Crippen LogP contribution in [-0.2, 0) is 40.5 Å². The van der Waals surface area contributed by atoms with Gasteiger partial charge in [0.25, 0.3) is 0 Å². The van der Waals surface area contributed by atoms with Crippen LogP contribution in [-0.4, -0.2) is 36.0 Å². The second-order valence-corrected chi connectivity index (χ2v) is 12.3. The van der Waals surface area contributed by atoms with Crippen LogP contribution in [0.15, 0.2) is 12.1 Å². The molecule has 7 heteroatoms. The maximum absolute atomic E-state index is 12.4. The smallest absolute Gasteiger partial charge is 0.330 e. The van der Waals surface area contributed by atoms with Gasteiger partial charge in [-0.05, 0) is 40.9 Å². The van der Waals surface area contributed by atoms with E-state index in [0.717, 1.165) is 16.7 Å². The molecule has 1 atom stereocenters. The normalized spacial score (nSPS) is 14.3. The standard InChI is InChI=1S/C24H39O6P/c1-9-29-31(28,10-2)30-16-19(26)15-18(25)12-11-17-13-20(23(3,4)5)22(27)21(14-17)24(6,7)8/h13-14,27H,9-12,15-16H2,1-8H3. The lowest BCUT2D eigenvalue weighted by Crippen LogP contribution is -2.18. The largest absolute Gasteiger partial charge is 0.507 e. The number of hydrogen-bond acceptors (Lipinski definition) is 6. The third-order valence-corrected chi connectivity index (χ3v) is 6.96. The van der Waals surface area contributed by atoms with Crippen LogP contribution in [0.25, 0.3) is 0 Å². The molecule has 1 N–H and O–H groups in total. The minimum Gasteiger partial charge on any atom is -0.507 e. The molecule has 1 rings (SSSR count). The molecule has 0 aromatic heterocycles. The molecule has 1 aromatic carbocycles. The Balaban J connectivity index is 2.83. The molecule has 0 heterocycles. The number of phenolic OH excluding ortho intramolecular Hbond substituents is 1. The predicted molar refractivity (Wildman–Crippen MR) is 124 cm³/mol. The summed E-state index contributed by atoms with van der Waals surface area (Å²) >= 11 is 0. The first-order valence-electron chi connectivity index (χ1n) is 10.9. The summed E-state index contributed by atoms with van der Waals surface area (Å²) in [5.41, 5.74) is 2.16. The highest BCUT2D eigenvalue weighted by Crippen LogP contribution is 2.47. The van der Waals surface area contributed by atoms with Crippen molar-refractivity contribution in [3.05, 3.63) is 28.8 Å². The van der Waals surface area contributed by atoms with Gasteiger partial charge in [-0.3, -0.25) is 14.2 Å². The van der Waals surface area contributed by atoms with E-state index < -0.39 is 20.0 Å². The monoisotopic (exact) mass is 454 g/mol. The maximum Gasteiger partial charge on any atom is 0.330 e. The van der Waals surface area contributed by atoms with Crippen molar-refractivity contribution in [2.75, 3.05) is 19.4 Å². The summed E-state index contributed by atoms with van der Waals surface area (Å²) in [5, 5.41) is 10.8. The van der Waals surface area contributed by atoms with Gasteiger partial charge in [0.2, 0.25) is 0 Å². The first kappa shape index (κ1) is 27.5. The van der Waals surface area contributed by atoms with Crippen LogP contribution in [0.4, 0.5) is 0 Å². The number of ketones is 2. The number of aryl methyl sites for hydroxylation is 1. The lowest BCUT2D eigenvalue weighted by atomic mass is 9.78. The first-order chi connectivity index (χ1) is 14.1. The van der Waals surface area contributed by atoms with Crippen molar-refractivity contribution in [1.29, 1.82) is 0 Å². The molecule has 1 unspecified atom stereocenters. The molecule has 0 saturated carbocycles. The lowest BCUT2D eigenvalue weighted by molar-refractivity contribution is -0.128. The average Bonchev–Trinajstić information content (AvgIpc) is 2.64. The zero-order valence-electron chi connectivity index (χ0n) is 20.3. The Bertz CT molecular complexity index is 794. The van der Waals surface area contributed by atoms with Crippen molar-refractivity contribution in [2.45, 2.75) is 85.5 Å². The minimum atomic E-state index is -3.26.